The van der Waals surface area contributed by atoms with Gasteiger partial charge in [-0.2, -0.15) is 4.98 Å². The van der Waals surface area contributed by atoms with E-state index in [2.05, 4.69) is 14.9 Å². The Kier molecular flexibility index (Phi) is 6.08. The Balaban J connectivity index is 1.40. The maximum atomic E-state index is 13.2. The molecule has 7 nitrogen and oxygen atoms in total. The van der Waals surface area contributed by atoms with Crippen molar-refractivity contribution in [2.45, 2.75) is 6.61 Å². The number of anilines is 1. The lowest BCUT2D eigenvalue weighted by Crippen LogP contribution is -2.49. The first kappa shape index (κ1) is 19.7. The lowest BCUT2D eigenvalue weighted by molar-refractivity contribution is 0.0743. The van der Waals surface area contributed by atoms with Gasteiger partial charge in [-0.15, -0.1) is 0 Å². The van der Waals surface area contributed by atoms with E-state index in [0.29, 0.717) is 44.2 Å². The normalized spacial score (nSPS) is 13.8. The molecule has 0 bridgehead atoms. The second-order valence-corrected chi connectivity index (χ2v) is 6.96. The highest BCUT2D eigenvalue weighted by Crippen LogP contribution is 2.19. The molecule has 0 aliphatic carbocycles. The van der Waals surface area contributed by atoms with E-state index in [4.69, 9.17) is 9.47 Å². The smallest absolute Gasteiger partial charge is 0.254 e. The number of hydrogen-bond acceptors (Lipinski definition) is 6. The van der Waals surface area contributed by atoms with Crippen LogP contribution in [0.4, 0.5) is 5.82 Å². The van der Waals surface area contributed by atoms with Crippen molar-refractivity contribution >= 4 is 11.7 Å². The number of piperazine rings is 1. The summed E-state index contributed by atoms with van der Waals surface area (Å²) in [6.07, 6.45) is 3.30. The fraction of sp³-hybridized carbons (Fsp3) is 0.261. The topological polar surface area (TPSA) is 67.8 Å². The lowest BCUT2D eigenvalue weighted by atomic mass is 10.1. The van der Waals surface area contributed by atoms with Crippen LogP contribution in [0.15, 0.2) is 67.0 Å². The van der Waals surface area contributed by atoms with E-state index in [-0.39, 0.29) is 5.91 Å². The molecule has 1 saturated heterocycles. The minimum atomic E-state index is 0.0265. The molecule has 1 amide bonds. The molecule has 0 atom stereocenters. The van der Waals surface area contributed by atoms with E-state index >= 15 is 0 Å². The summed E-state index contributed by atoms with van der Waals surface area (Å²) in [7, 11) is 1.57. The number of carbonyl (C=O) groups excluding carboxylic acids is 1. The van der Waals surface area contributed by atoms with Gasteiger partial charge in [-0.3, -0.25) is 9.78 Å². The van der Waals surface area contributed by atoms with Crippen molar-refractivity contribution in [1.29, 1.82) is 0 Å². The maximum Gasteiger partial charge on any atom is 0.254 e. The number of aromatic nitrogens is 2. The number of benzene rings is 2. The molecule has 154 valence electrons. The van der Waals surface area contributed by atoms with Crippen LogP contribution in [0.1, 0.15) is 15.9 Å². The van der Waals surface area contributed by atoms with Gasteiger partial charge >= 0.3 is 0 Å². The van der Waals surface area contributed by atoms with Crippen LogP contribution in [0.25, 0.3) is 0 Å². The van der Waals surface area contributed by atoms with Gasteiger partial charge in [-0.25, -0.2) is 0 Å². The second kappa shape index (κ2) is 9.26. The lowest BCUT2D eigenvalue weighted by Gasteiger charge is -2.35. The van der Waals surface area contributed by atoms with Crippen LogP contribution < -0.4 is 14.4 Å². The van der Waals surface area contributed by atoms with E-state index in [0.717, 1.165) is 17.1 Å². The molecule has 1 aliphatic heterocycles. The van der Waals surface area contributed by atoms with E-state index < -0.39 is 0 Å². The molecular formula is C23H24N4O3. The van der Waals surface area contributed by atoms with Crippen LogP contribution in [0.2, 0.25) is 0 Å². The number of para-hydroxylation sites is 1. The van der Waals surface area contributed by atoms with Crippen LogP contribution in [0.5, 0.6) is 11.6 Å². The van der Waals surface area contributed by atoms with Crippen molar-refractivity contribution in [3.63, 3.8) is 0 Å². The van der Waals surface area contributed by atoms with Crippen LogP contribution in [-0.4, -0.2) is 54.1 Å². The fourth-order valence-electron chi connectivity index (χ4n) is 3.43. The molecule has 1 fully saturated rings. The van der Waals surface area contributed by atoms with Crippen LogP contribution in [0.3, 0.4) is 0 Å². The third-order valence-electron chi connectivity index (χ3n) is 5.09. The van der Waals surface area contributed by atoms with Crippen molar-refractivity contribution < 1.29 is 14.3 Å². The zero-order chi connectivity index (χ0) is 20.8. The Hall–Kier alpha value is -3.61. The number of rotatable bonds is 6. The number of hydrogen-bond donors (Lipinski definition) is 0. The first-order valence-corrected chi connectivity index (χ1v) is 9.90. The molecule has 3 aromatic rings. The van der Waals surface area contributed by atoms with Crippen molar-refractivity contribution in [3.8, 4) is 11.6 Å². The number of methoxy groups -OCH3 is 1. The third kappa shape index (κ3) is 4.51. The van der Waals surface area contributed by atoms with Gasteiger partial charge in [0.2, 0.25) is 5.88 Å². The molecule has 4 rings (SSSR count). The van der Waals surface area contributed by atoms with Gasteiger partial charge in [0.25, 0.3) is 5.91 Å². The quantitative estimate of drug-likeness (QED) is 0.629. The summed E-state index contributed by atoms with van der Waals surface area (Å²) in [5.74, 6) is 2.06. The summed E-state index contributed by atoms with van der Waals surface area (Å²) in [4.78, 5) is 25.8. The van der Waals surface area contributed by atoms with Crippen LogP contribution in [-0.2, 0) is 6.61 Å². The zero-order valence-corrected chi connectivity index (χ0v) is 16.9. The predicted molar refractivity (Wildman–Crippen MR) is 114 cm³/mol. The zero-order valence-electron chi connectivity index (χ0n) is 16.9. The van der Waals surface area contributed by atoms with E-state index in [1.165, 1.54) is 0 Å². The molecule has 7 heteroatoms. The number of nitrogens with zero attached hydrogens (tertiary/aromatic N) is 4. The Morgan fingerprint density at radius 2 is 1.70 bits per heavy atom. The molecule has 30 heavy (non-hydrogen) atoms. The minimum absolute atomic E-state index is 0.0265. The molecule has 2 aromatic carbocycles. The second-order valence-electron chi connectivity index (χ2n) is 6.96. The van der Waals surface area contributed by atoms with Gasteiger partial charge in [0.15, 0.2) is 5.82 Å². The van der Waals surface area contributed by atoms with Gasteiger partial charge in [-0.1, -0.05) is 36.4 Å². The number of carbonyl (C=O) groups is 1. The Bertz CT molecular complexity index is 989. The van der Waals surface area contributed by atoms with Crippen molar-refractivity contribution in [2.24, 2.45) is 0 Å². The Morgan fingerprint density at radius 3 is 2.47 bits per heavy atom. The maximum absolute atomic E-state index is 13.2. The molecular weight excluding hydrogens is 380 g/mol. The van der Waals surface area contributed by atoms with E-state index in [9.17, 15) is 4.79 Å². The van der Waals surface area contributed by atoms with E-state index in [1.807, 2.05) is 59.5 Å². The van der Waals surface area contributed by atoms with Crippen LogP contribution >= 0.6 is 0 Å². The first-order valence-electron chi connectivity index (χ1n) is 9.90. The molecule has 0 N–H and O–H groups in total. The molecule has 1 aliphatic rings. The standard InChI is InChI=1S/C23H24N4O3/c1-29-22-16-24-15-21(25-22)26-11-13-27(14-12-26)23(28)20-10-6-5-7-18(20)17-30-19-8-3-2-4-9-19/h2-10,15-16H,11-14,17H2,1H3. The molecule has 0 spiro atoms. The number of ether oxygens (including phenoxy) is 2. The summed E-state index contributed by atoms with van der Waals surface area (Å²) in [5.41, 5.74) is 1.57. The highest BCUT2D eigenvalue weighted by atomic mass is 16.5. The van der Waals surface area contributed by atoms with E-state index in [1.54, 1.807) is 19.5 Å². The summed E-state index contributed by atoms with van der Waals surface area (Å²) in [6.45, 7) is 2.97. The molecule has 0 unspecified atom stereocenters. The van der Waals surface area contributed by atoms with Gasteiger partial charge in [-0.05, 0) is 18.2 Å². The monoisotopic (exact) mass is 404 g/mol. The molecule has 0 saturated carbocycles. The fourth-order valence-corrected chi connectivity index (χ4v) is 3.43. The van der Waals surface area contributed by atoms with Gasteiger partial charge in [0, 0.05) is 37.3 Å². The van der Waals surface area contributed by atoms with Crippen molar-refractivity contribution in [2.75, 3.05) is 38.2 Å². The van der Waals surface area contributed by atoms with Gasteiger partial charge in [0.1, 0.15) is 12.4 Å². The van der Waals surface area contributed by atoms with Crippen molar-refractivity contribution in [1.82, 2.24) is 14.9 Å². The highest BCUT2D eigenvalue weighted by molar-refractivity contribution is 5.95. The minimum Gasteiger partial charge on any atom is -0.489 e. The summed E-state index contributed by atoms with van der Waals surface area (Å²) in [6, 6.07) is 17.2. The summed E-state index contributed by atoms with van der Waals surface area (Å²) >= 11 is 0. The summed E-state index contributed by atoms with van der Waals surface area (Å²) in [5, 5.41) is 0. The highest BCUT2D eigenvalue weighted by Gasteiger charge is 2.24. The van der Waals surface area contributed by atoms with Crippen molar-refractivity contribution in [3.05, 3.63) is 78.1 Å². The average molecular weight is 404 g/mol. The van der Waals surface area contributed by atoms with Crippen LogP contribution in [0, 0.1) is 0 Å². The van der Waals surface area contributed by atoms with Gasteiger partial charge in [0.05, 0.1) is 19.5 Å². The number of amides is 1. The Morgan fingerprint density at radius 1 is 0.967 bits per heavy atom. The average Bonchev–Trinajstić information content (AvgIpc) is 2.83. The molecule has 1 aromatic heterocycles. The van der Waals surface area contributed by atoms with Gasteiger partial charge < -0.3 is 19.3 Å². The third-order valence-corrected chi connectivity index (χ3v) is 5.09. The largest absolute Gasteiger partial charge is 0.489 e. The molecule has 0 radical (unpaired) electrons. The summed E-state index contributed by atoms with van der Waals surface area (Å²) < 4.78 is 11.0. The SMILES string of the molecule is COc1cncc(N2CCN(C(=O)c3ccccc3COc3ccccc3)CC2)n1. The Labute approximate surface area is 175 Å². The molecule has 2 heterocycles. The first-order chi connectivity index (χ1) is 14.7. The predicted octanol–water partition coefficient (Wildman–Crippen LogP) is 3.03.